The van der Waals surface area contributed by atoms with E-state index in [2.05, 4.69) is 0 Å². The molecule has 0 aliphatic carbocycles. The molecule has 0 spiro atoms. The molecule has 26 heavy (non-hydrogen) atoms. The molecule has 6 nitrogen and oxygen atoms in total. The second-order valence-electron chi connectivity index (χ2n) is 5.73. The van der Waals surface area contributed by atoms with Crippen LogP contribution in [-0.2, 0) is 9.47 Å². The highest BCUT2D eigenvalue weighted by Gasteiger charge is 2.12. The number of benzene rings is 2. The minimum absolute atomic E-state index is 0.193. The van der Waals surface area contributed by atoms with Crippen LogP contribution in [0, 0.1) is 0 Å². The van der Waals surface area contributed by atoms with Crippen molar-refractivity contribution in [1.29, 1.82) is 0 Å². The van der Waals surface area contributed by atoms with Gasteiger partial charge in [-0.25, -0.2) is 9.59 Å². The molecule has 0 saturated heterocycles. The molecule has 0 aliphatic heterocycles. The van der Waals surface area contributed by atoms with Crippen LogP contribution < -0.4 is 9.47 Å². The van der Waals surface area contributed by atoms with E-state index in [1.165, 1.54) is 0 Å². The van der Waals surface area contributed by atoms with Crippen molar-refractivity contribution in [1.82, 2.24) is 0 Å². The van der Waals surface area contributed by atoms with E-state index in [9.17, 15) is 9.59 Å². The number of rotatable bonds is 8. The summed E-state index contributed by atoms with van der Waals surface area (Å²) in [5.41, 5.74) is 0.795. The van der Waals surface area contributed by atoms with Gasteiger partial charge in [0.2, 0.25) is 0 Å². The Morgan fingerprint density at radius 3 is 1.88 bits per heavy atom. The zero-order chi connectivity index (χ0) is 18.9. The zero-order valence-electron chi connectivity index (χ0n) is 15.1. The molecular weight excluding hydrogens is 336 g/mol. The third-order valence-corrected chi connectivity index (χ3v) is 3.29. The molecular formula is C20H22O6. The molecule has 2 rings (SSSR count). The van der Waals surface area contributed by atoms with Crippen molar-refractivity contribution in [2.24, 2.45) is 0 Å². The maximum Gasteiger partial charge on any atom is 0.343 e. The fraction of sp³-hybridized carbons (Fsp3) is 0.300. The van der Waals surface area contributed by atoms with Gasteiger partial charge in [-0.1, -0.05) is 0 Å². The molecule has 138 valence electrons. The number of esters is 2. The van der Waals surface area contributed by atoms with E-state index in [1.807, 2.05) is 0 Å². The molecule has 2 aromatic rings. The molecule has 6 heteroatoms. The molecule has 0 N–H and O–H groups in total. The first-order valence-corrected chi connectivity index (χ1v) is 8.24. The van der Waals surface area contributed by atoms with Crippen LogP contribution in [0.15, 0.2) is 48.5 Å². The van der Waals surface area contributed by atoms with Crippen LogP contribution in [0.2, 0.25) is 0 Å². The Balaban J connectivity index is 1.93. The van der Waals surface area contributed by atoms with Crippen molar-refractivity contribution in [3.63, 3.8) is 0 Å². The summed E-state index contributed by atoms with van der Waals surface area (Å²) in [6.45, 7) is 4.49. The van der Waals surface area contributed by atoms with Crippen molar-refractivity contribution in [3.8, 4) is 11.5 Å². The molecule has 0 saturated carbocycles. The Hall–Kier alpha value is -2.86. The molecule has 2 aromatic carbocycles. The first kappa shape index (κ1) is 19.5. The number of hydrogen-bond donors (Lipinski definition) is 0. The lowest BCUT2D eigenvalue weighted by atomic mass is 10.2. The predicted octanol–water partition coefficient (Wildman–Crippen LogP) is 3.50. The number of carbonyl (C=O) groups excluding carboxylic acids is 2. The summed E-state index contributed by atoms with van der Waals surface area (Å²) >= 11 is 0. The third-order valence-electron chi connectivity index (χ3n) is 3.29. The van der Waals surface area contributed by atoms with Gasteiger partial charge < -0.3 is 18.9 Å². The second-order valence-corrected chi connectivity index (χ2v) is 5.73. The van der Waals surface area contributed by atoms with Gasteiger partial charge in [0.15, 0.2) is 0 Å². The molecule has 0 heterocycles. The lowest BCUT2D eigenvalue weighted by molar-refractivity contribution is 0.0378. The molecule has 0 unspecified atom stereocenters. The Morgan fingerprint density at radius 1 is 0.808 bits per heavy atom. The van der Waals surface area contributed by atoms with E-state index >= 15 is 0 Å². The summed E-state index contributed by atoms with van der Waals surface area (Å²) in [6, 6.07) is 12.8. The van der Waals surface area contributed by atoms with E-state index in [1.54, 1.807) is 69.5 Å². The first-order chi connectivity index (χ1) is 12.5. The van der Waals surface area contributed by atoms with E-state index in [0.29, 0.717) is 35.8 Å². The maximum absolute atomic E-state index is 12.2. The summed E-state index contributed by atoms with van der Waals surface area (Å²) < 4.78 is 20.8. The summed E-state index contributed by atoms with van der Waals surface area (Å²) in [7, 11) is 1.60. The van der Waals surface area contributed by atoms with Crippen molar-refractivity contribution < 1.29 is 28.5 Å². The highest BCUT2D eigenvalue weighted by molar-refractivity contribution is 5.92. The standard InChI is InChI=1S/C20H22O6/c1-14(2)25-19(21)15-6-10-18(11-7-15)26-20(22)16-4-8-17(9-5-16)24-13-12-23-3/h4-11,14H,12-13H2,1-3H3. The number of ether oxygens (including phenoxy) is 4. The van der Waals surface area contributed by atoms with Crippen LogP contribution in [0.4, 0.5) is 0 Å². The Kier molecular flexibility index (Phi) is 7.17. The van der Waals surface area contributed by atoms with Gasteiger partial charge in [0.05, 0.1) is 23.8 Å². The van der Waals surface area contributed by atoms with Gasteiger partial charge in [-0.3, -0.25) is 0 Å². The topological polar surface area (TPSA) is 71.1 Å². The number of carbonyl (C=O) groups is 2. The molecule has 0 aromatic heterocycles. The maximum atomic E-state index is 12.2. The minimum atomic E-state index is -0.494. The SMILES string of the molecule is COCCOc1ccc(C(=O)Oc2ccc(C(=O)OC(C)C)cc2)cc1. The highest BCUT2D eigenvalue weighted by atomic mass is 16.5. The number of methoxy groups -OCH3 is 1. The lowest BCUT2D eigenvalue weighted by Crippen LogP contribution is -2.12. The van der Waals surface area contributed by atoms with E-state index < -0.39 is 11.9 Å². The highest BCUT2D eigenvalue weighted by Crippen LogP contribution is 2.17. The van der Waals surface area contributed by atoms with Crippen molar-refractivity contribution in [3.05, 3.63) is 59.7 Å². The summed E-state index contributed by atoms with van der Waals surface area (Å²) in [4.78, 5) is 24.0. The van der Waals surface area contributed by atoms with Crippen LogP contribution in [0.1, 0.15) is 34.6 Å². The fourth-order valence-electron chi connectivity index (χ4n) is 2.04. The first-order valence-electron chi connectivity index (χ1n) is 8.24. The van der Waals surface area contributed by atoms with Gasteiger partial charge in [-0.05, 0) is 62.4 Å². The quantitative estimate of drug-likeness (QED) is 0.409. The molecule has 0 bridgehead atoms. The summed E-state index contributed by atoms with van der Waals surface area (Å²) in [6.07, 6.45) is -0.193. The summed E-state index contributed by atoms with van der Waals surface area (Å²) in [5.74, 6) is 0.0797. The van der Waals surface area contributed by atoms with E-state index in [-0.39, 0.29) is 6.10 Å². The summed E-state index contributed by atoms with van der Waals surface area (Å²) in [5, 5.41) is 0. The smallest absolute Gasteiger partial charge is 0.343 e. The van der Waals surface area contributed by atoms with Gasteiger partial charge in [0, 0.05) is 7.11 Å². The monoisotopic (exact) mass is 358 g/mol. The Morgan fingerprint density at radius 2 is 1.35 bits per heavy atom. The average Bonchev–Trinajstić information content (AvgIpc) is 2.62. The van der Waals surface area contributed by atoms with E-state index in [4.69, 9.17) is 18.9 Å². The van der Waals surface area contributed by atoms with Gasteiger partial charge in [-0.15, -0.1) is 0 Å². The van der Waals surface area contributed by atoms with Gasteiger partial charge in [0.25, 0.3) is 0 Å². The van der Waals surface area contributed by atoms with Crippen LogP contribution in [-0.4, -0.2) is 38.4 Å². The second kappa shape index (κ2) is 9.58. The van der Waals surface area contributed by atoms with Gasteiger partial charge >= 0.3 is 11.9 Å². The number of hydrogen-bond acceptors (Lipinski definition) is 6. The van der Waals surface area contributed by atoms with Crippen LogP contribution in [0.3, 0.4) is 0 Å². The van der Waals surface area contributed by atoms with Crippen LogP contribution >= 0.6 is 0 Å². The fourth-order valence-corrected chi connectivity index (χ4v) is 2.04. The average molecular weight is 358 g/mol. The third kappa shape index (κ3) is 5.89. The Bertz CT molecular complexity index is 719. The molecule has 0 atom stereocenters. The predicted molar refractivity (Wildman–Crippen MR) is 95.8 cm³/mol. The van der Waals surface area contributed by atoms with Crippen molar-refractivity contribution >= 4 is 11.9 Å². The minimum Gasteiger partial charge on any atom is -0.491 e. The largest absolute Gasteiger partial charge is 0.491 e. The Labute approximate surface area is 152 Å². The zero-order valence-corrected chi connectivity index (χ0v) is 15.1. The lowest BCUT2D eigenvalue weighted by Gasteiger charge is -2.09. The van der Waals surface area contributed by atoms with Crippen molar-refractivity contribution in [2.75, 3.05) is 20.3 Å². The molecule has 0 aliphatic rings. The molecule has 0 fully saturated rings. The molecule has 0 radical (unpaired) electrons. The van der Waals surface area contributed by atoms with E-state index in [0.717, 1.165) is 0 Å². The van der Waals surface area contributed by atoms with Gasteiger partial charge in [-0.2, -0.15) is 0 Å². The van der Waals surface area contributed by atoms with Gasteiger partial charge in [0.1, 0.15) is 18.1 Å². The molecule has 0 amide bonds. The van der Waals surface area contributed by atoms with Crippen LogP contribution in [0.5, 0.6) is 11.5 Å². The normalized spacial score (nSPS) is 10.5. The van der Waals surface area contributed by atoms with Crippen molar-refractivity contribution in [2.45, 2.75) is 20.0 Å². The van der Waals surface area contributed by atoms with Crippen LogP contribution in [0.25, 0.3) is 0 Å².